The van der Waals surface area contributed by atoms with E-state index in [2.05, 4.69) is 6.07 Å². The summed E-state index contributed by atoms with van der Waals surface area (Å²) < 4.78 is 13.2. The average Bonchev–Trinajstić information content (AvgIpc) is 3.12. The van der Waals surface area contributed by atoms with E-state index < -0.39 is 5.41 Å². The quantitative estimate of drug-likeness (QED) is 0.790. The van der Waals surface area contributed by atoms with Crippen LogP contribution in [-0.4, -0.2) is 48.8 Å². The van der Waals surface area contributed by atoms with Gasteiger partial charge >= 0.3 is 0 Å². The Morgan fingerprint density at radius 1 is 1.11 bits per heavy atom. The second-order valence-corrected chi connectivity index (χ2v) is 7.78. The smallest absolute Gasteiger partial charge is 0.230 e. The van der Waals surface area contributed by atoms with Gasteiger partial charge in [-0.05, 0) is 41.7 Å². The van der Waals surface area contributed by atoms with Crippen molar-refractivity contribution in [1.29, 1.82) is 0 Å². The van der Waals surface area contributed by atoms with Gasteiger partial charge in [0.1, 0.15) is 5.82 Å². The van der Waals surface area contributed by atoms with E-state index in [0.29, 0.717) is 32.4 Å². The number of carbonyl (C=O) groups excluding carboxylic acids is 2. The van der Waals surface area contributed by atoms with Gasteiger partial charge < -0.3 is 9.80 Å². The molecular weight excluding hydrogens is 355 g/mol. The van der Waals surface area contributed by atoms with E-state index in [9.17, 15) is 14.0 Å². The molecule has 1 aliphatic rings. The maximum absolute atomic E-state index is 13.2. The molecule has 0 aliphatic carbocycles. The summed E-state index contributed by atoms with van der Waals surface area (Å²) in [6.07, 6.45) is 1.69. The van der Waals surface area contributed by atoms with Crippen molar-refractivity contribution in [2.75, 3.05) is 27.2 Å². The molecule has 1 aliphatic heterocycles. The van der Waals surface area contributed by atoms with Crippen molar-refractivity contribution in [2.45, 2.75) is 26.2 Å². The number of likely N-dealkylation sites (tertiary alicyclic amines) is 1. The van der Waals surface area contributed by atoms with Crippen LogP contribution in [0.1, 0.15) is 25.3 Å². The lowest BCUT2D eigenvalue weighted by atomic mass is 9.79. The Morgan fingerprint density at radius 2 is 1.82 bits per heavy atom. The molecule has 1 atom stereocenters. The topological polar surface area (TPSA) is 40.6 Å². The number of nitrogens with zero attached hydrogens (tertiary/aromatic N) is 2. The minimum atomic E-state index is -0.601. The van der Waals surface area contributed by atoms with Crippen LogP contribution >= 0.6 is 0 Å². The zero-order chi connectivity index (χ0) is 20.3. The van der Waals surface area contributed by atoms with Gasteiger partial charge in [0.25, 0.3) is 0 Å². The number of carbonyl (C=O) groups is 2. The summed E-state index contributed by atoms with van der Waals surface area (Å²) >= 11 is 0. The van der Waals surface area contributed by atoms with Crippen molar-refractivity contribution in [3.05, 3.63) is 59.9 Å². The van der Waals surface area contributed by atoms with Crippen LogP contribution in [-0.2, 0) is 16.0 Å². The number of rotatable bonds is 5. The standard InChI is InChI=1S/C23H27FN2O2/c1-4-21(27)26-13-12-23(16-26,22(28)25(2)3)15-17-6-5-7-19(14-17)18-8-10-20(24)11-9-18/h5-11,14H,4,12-13,15-16H2,1-3H3/t23-/m0/s1. The molecule has 0 bridgehead atoms. The lowest BCUT2D eigenvalue weighted by Gasteiger charge is -2.31. The summed E-state index contributed by atoms with van der Waals surface area (Å²) in [5.41, 5.74) is 2.37. The van der Waals surface area contributed by atoms with Crippen LogP contribution < -0.4 is 0 Å². The molecule has 3 rings (SSSR count). The van der Waals surface area contributed by atoms with Crippen molar-refractivity contribution in [1.82, 2.24) is 9.80 Å². The van der Waals surface area contributed by atoms with Crippen LogP contribution in [0.4, 0.5) is 4.39 Å². The number of benzene rings is 2. The van der Waals surface area contributed by atoms with Gasteiger partial charge in [0, 0.05) is 33.6 Å². The van der Waals surface area contributed by atoms with Gasteiger partial charge in [-0.2, -0.15) is 0 Å². The molecule has 4 nitrogen and oxygen atoms in total. The normalized spacial score (nSPS) is 18.9. The maximum Gasteiger partial charge on any atom is 0.230 e. The fourth-order valence-corrected chi connectivity index (χ4v) is 4.07. The van der Waals surface area contributed by atoms with Crippen molar-refractivity contribution in [3.63, 3.8) is 0 Å². The zero-order valence-electron chi connectivity index (χ0n) is 16.7. The largest absolute Gasteiger partial charge is 0.348 e. The average molecular weight is 382 g/mol. The molecule has 2 amide bonds. The molecule has 0 unspecified atom stereocenters. The Kier molecular flexibility index (Phi) is 5.82. The number of hydrogen-bond acceptors (Lipinski definition) is 2. The van der Waals surface area contributed by atoms with Crippen molar-refractivity contribution in [3.8, 4) is 11.1 Å². The highest BCUT2D eigenvalue weighted by atomic mass is 19.1. The van der Waals surface area contributed by atoms with E-state index in [-0.39, 0.29) is 17.6 Å². The van der Waals surface area contributed by atoms with E-state index in [1.54, 1.807) is 31.1 Å². The Labute approximate surface area is 166 Å². The summed E-state index contributed by atoms with van der Waals surface area (Å²) in [5.74, 6) is -0.110. The van der Waals surface area contributed by atoms with Gasteiger partial charge in [-0.15, -0.1) is 0 Å². The Balaban J connectivity index is 1.89. The summed E-state index contributed by atoms with van der Waals surface area (Å²) in [7, 11) is 3.53. The minimum Gasteiger partial charge on any atom is -0.348 e. The molecule has 0 saturated carbocycles. The molecule has 2 aromatic rings. The molecule has 1 saturated heterocycles. The molecule has 1 fully saturated rings. The van der Waals surface area contributed by atoms with Gasteiger partial charge in [0.15, 0.2) is 0 Å². The molecule has 28 heavy (non-hydrogen) atoms. The summed E-state index contributed by atoms with van der Waals surface area (Å²) in [6.45, 7) is 2.92. The third-order valence-electron chi connectivity index (χ3n) is 5.52. The van der Waals surface area contributed by atoms with E-state index in [0.717, 1.165) is 16.7 Å². The number of hydrogen-bond donors (Lipinski definition) is 0. The predicted molar refractivity (Wildman–Crippen MR) is 108 cm³/mol. The fourth-order valence-electron chi connectivity index (χ4n) is 4.07. The summed E-state index contributed by atoms with van der Waals surface area (Å²) in [6, 6.07) is 14.4. The van der Waals surface area contributed by atoms with E-state index in [1.807, 2.05) is 30.0 Å². The first-order valence-corrected chi connectivity index (χ1v) is 9.69. The second-order valence-electron chi connectivity index (χ2n) is 7.78. The summed E-state index contributed by atoms with van der Waals surface area (Å²) in [5, 5.41) is 0. The van der Waals surface area contributed by atoms with Crippen LogP contribution in [0.2, 0.25) is 0 Å². The molecule has 5 heteroatoms. The maximum atomic E-state index is 13.2. The molecule has 0 N–H and O–H groups in total. The Hall–Kier alpha value is -2.69. The molecule has 2 aromatic carbocycles. The fraction of sp³-hybridized carbons (Fsp3) is 0.391. The monoisotopic (exact) mass is 382 g/mol. The minimum absolute atomic E-state index is 0.0612. The Morgan fingerprint density at radius 3 is 2.46 bits per heavy atom. The van der Waals surface area contributed by atoms with Crippen molar-refractivity contribution < 1.29 is 14.0 Å². The van der Waals surface area contributed by atoms with Gasteiger partial charge in [-0.1, -0.05) is 43.3 Å². The summed E-state index contributed by atoms with van der Waals surface area (Å²) in [4.78, 5) is 28.7. The number of halogens is 1. The van der Waals surface area contributed by atoms with Crippen molar-refractivity contribution in [2.24, 2.45) is 5.41 Å². The molecular formula is C23H27FN2O2. The molecule has 1 heterocycles. The van der Waals surface area contributed by atoms with E-state index in [1.165, 1.54) is 12.1 Å². The van der Waals surface area contributed by atoms with Gasteiger partial charge in [0.05, 0.1) is 5.41 Å². The second kappa shape index (κ2) is 8.13. The molecule has 0 aromatic heterocycles. The molecule has 0 radical (unpaired) electrons. The highest BCUT2D eigenvalue weighted by molar-refractivity contribution is 5.85. The van der Waals surface area contributed by atoms with Gasteiger partial charge in [0.2, 0.25) is 11.8 Å². The van der Waals surface area contributed by atoms with Crippen LogP contribution in [0, 0.1) is 11.2 Å². The highest BCUT2D eigenvalue weighted by Gasteiger charge is 2.46. The first-order valence-electron chi connectivity index (χ1n) is 9.69. The van der Waals surface area contributed by atoms with Crippen molar-refractivity contribution >= 4 is 11.8 Å². The van der Waals surface area contributed by atoms with Crippen LogP contribution in [0.3, 0.4) is 0 Å². The van der Waals surface area contributed by atoms with Crippen LogP contribution in [0.15, 0.2) is 48.5 Å². The van der Waals surface area contributed by atoms with Crippen LogP contribution in [0.25, 0.3) is 11.1 Å². The van der Waals surface area contributed by atoms with E-state index in [4.69, 9.17) is 0 Å². The van der Waals surface area contributed by atoms with Crippen LogP contribution in [0.5, 0.6) is 0 Å². The first kappa shape index (κ1) is 20.1. The molecule has 148 valence electrons. The van der Waals surface area contributed by atoms with Gasteiger partial charge in [-0.25, -0.2) is 4.39 Å². The SMILES string of the molecule is CCC(=O)N1CC[C@@](Cc2cccc(-c3ccc(F)cc3)c2)(C(=O)N(C)C)C1. The third kappa shape index (κ3) is 4.08. The number of amides is 2. The highest BCUT2D eigenvalue weighted by Crippen LogP contribution is 2.37. The third-order valence-corrected chi connectivity index (χ3v) is 5.52. The van der Waals surface area contributed by atoms with E-state index >= 15 is 0 Å². The predicted octanol–water partition coefficient (Wildman–Crippen LogP) is 3.75. The van der Waals surface area contributed by atoms with Gasteiger partial charge in [-0.3, -0.25) is 9.59 Å². The first-order chi connectivity index (χ1) is 13.3. The molecule has 0 spiro atoms. The lowest BCUT2D eigenvalue weighted by Crippen LogP contribution is -2.44. The lowest BCUT2D eigenvalue weighted by molar-refractivity contribution is -0.139. The Bertz CT molecular complexity index is 863. The zero-order valence-corrected chi connectivity index (χ0v) is 16.7.